The number of para-hydroxylation sites is 2. The lowest BCUT2D eigenvalue weighted by Gasteiger charge is -2.37. The zero-order chi connectivity index (χ0) is 22.0. The highest BCUT2D eigenvalue weighted by atomic mass is 32.2. The molecule has 0 aromatic heterocycles. The molecule has 0 fully saturated rings. The summed E-state index contributed by atoms with van der Waals surface area (Å²) in [6, 6.07) is 14.6. The Kier molecular flexibility index (Phi) is 5.86. The number of nitrogens with one attached hydrogen (secondary N) is 1. The number of likely N-dealkylation sites (N-methyl/N-ethyl adjacent to an activating group) is 2. The summed E-state index contributed by atoms with van der Waals surface area (Å²) in [6.07, 6.45) is 0.0636. The van der Waals surface area contributed by atoms with Crippen LogP contribution in [0.5, 0.6) is 5.75 Å². The molecule has 2 heterocycles. The molecular weight excluding hydrogens is 416 g/mol. The maximum Gasteiger partial charge on any atom is 0.263 e. The first-order valence-electron chi connectivity index (χ1n) is 10.3. The van der Waals surface area contributed by atoms with Crippen molar-refractivity contribution in [3.05, 3.63) is 54.1 Å². The number of nitrogens with zero attached hydrogens (tertiary/aromatic N) is 3. The summed E-state index contributed by atoms with van der Waals surface area (Å²) in [4.78, 5) is 21.0. The highest BCUT2D eigenvalue weighted by molar-refractivity contribution is 7.90. The number of rotatable bonds is 6. The molecule has 0 bridgehead atoms. The van der Waals surface area contributed by atoms with Crippen LogP contribution in [0.3, 0.4) is 0 Å². The molecular formula is C22H26N4O4S. The molecule has 0 saturated heterocycles. The number of sulfonamides is 1. The number of fused-ring (bicyclic) bond motifs is 2. The van der Waals surface area contributed by atoms with Gasteiger partial charge in [0.15, 0.2) is 0 Å². The van der Waals surface area contributed by atoms with Crippen LogP contribution in [0.1, 0.15) is 18.9 Å². The van der Waals surface area contributed by atoms with E-state index in [0.717, 1.165) is 18.0 Å². The van der Waals surface area contributed by atoms with Gasteiger partial charge in [-0.25, -0.2) is 8.42 Å². The minimum atomic E-state index is -3.57. The number of benzene rings is 2. The van der Waals surface area contributed by atoms with E-state index >= 15 is 0 Å². The van der Waals surface area contributed by atoms with Gasteiger partial charge in [0.25, 0.3) is 10.0 Å². The third-order valence-electron chi connectivity index (χ3n) is 5.47. The summed E-state index contributed by atoms with van der Waals surface area (Å²) in [5, 5.41) is 0. The molecule has 2 aromatic rings. The van der Waals surface area contributed by atoms with Gasteiger partial charge in [-0.1, -0.05) is 24.3 Å². The molecule has 2 aliphatic heterocycles. The molecule has 9 heteroatoms. The fraction of sp³-hybridized carbons (Fsp3) is 0.364. The van der Waals surface area contributed by atoms with Crippen LogP contribution in [-0.4, -0.2) is 64.4 Å². The molecule has 31 heavy (non-hydrogen) atoms. The molecule has 4 rings (SSSR count). The molecule has 0 spiro atoms. The second-order valence-corrected chi connectivity index (χ2v) is 9.25. The Labute approximate surface area is 182 Å². The molecule has 1 amide bonds. The van der Waals surface area contributed by atoms with Crippen molar-refractivity contribution in [3.63, 3.8) is 0 Å². The summed E-state index contributed by atoms with van der Waals surface area (Å²) < 4.78 is 32.8. The Morgan fingerprint density at radius 3 is 2.77 bits per heavy atom. The third-order valence-corrected chi connectivity index (χ3v) is 6.86. The largest absolute Gasteiger partial charge is 0.485 e. The number of amidine groups is 1. The molecule has 0 radical (unpaired) electrons. The number of carbonyl (C=O) groups excluding carboxylic acids is 1. The van der Waals surface area contributed by atoms with E-state index in [-0.39, 0.29) is 35.7 Å². The number of ether oxygens (including phenoxy) is 1. The van der Waals surface area contributed by atoms with Gasteiger partial charge >= 0.3 is 0 Å². The number of hydrogen-bond donors (Lipinski definition) is 1. The van der Waals surface area contributed by atoms with Crippen LogP contribution >= 0.6 is 0 Å². The zero-order valence-electron chi connectivity index (χ0n) is 17.6. The van der Waals surface area contributed by atoms with Crippen molar-refractivity contribution in [1.82, 2.24) is 9.62 Å². The monoisotopic (exact) mass is 442 g/mol. The lowest BCUT2D eigenvalue weighted by molar-refractivity contribution is -0.130. The summed E-state index contributed by atoms with van der Waals surface area (Å²) in [7, 11) is -1.82. The van der Waals surface area contributed by atoms with Crippen LogP contribution in [0.15, 0.2) is 58.4 Å². The van der Waals surface area contributed by atoms with Crippen molar-refractivity contribution in [1.29, 1.82) is 0 Å². The lowest BCUT2D eigenvalue weighted by Crippen LogP contribution is -2.46. The summed E-state index contributed by atoms with van der Waals surface area (Å²) in [5.74, 6) is 1.06. The highest BCUT2D eigenvalue weighted by Gasteiger charge is 2.30. The average molecular weight is 443 g/mol. The van der Waals surface area contributed by atoms with Crippen LogP contribution in [0.25, 0.3) is 0 Å². The minimum Gasteiger partial charge on any atom is -0.485 e. The zero-order valence-corrected chi connectivity index (χ0v) is 18.4. The topological polar surface area (TPSA) is 91.3 Å². The van der Waals surface area contributed by atoms with Crippen molar-refractivity contribution in [2.45, 2.75) is 24.3 Å². The van der Waals surface area contributed by atoms with Crippen LogP contribution in [-0.2, 0) is 14.8 Å². The van der Waals surface area contributed by atoms with Gasteiger partial charge in [0.05, 0.1) is 30.2 Å². The number of amides is 1. The Hall–Kier alpha value is -3.07. The van der Waals surface area contributed by atoms with E-state index in [2.05, 4.69) is 21.5 Å². The molecule has 0 saturated carbocycles. The summed E-state index contributed by atoms with van der Waals surface area (Å²) in [5.41, 5.74) is 1.61. The molecule has 2 aliphatic rings. The summed E-state index contributed by atoms with van der Waals surface area (Å²) >= 11 is 0. The first-order valence-corrected chi connectivity index (χ1v) is 11.8. The van der Waals surface area contributed by atoms with E-state index in [1.807, 2.05) is 24.3 Å². The Morgan fingerprint density at radius 1 is 1.23 bits per heavy atom. The Bertz CT molecular complexity index is 1120. The van der Waals surface area contributed by atoms with E-state index in [0.29, 0.717) is 18.7 Å². The number of aliphatic imine (C=N–C) groups is 1. The van der Waals surface area contributed by atoms with E-state index in [1.54, 1.807) is 36.2 Å². The van der Waals surface area contributed by atoms with Gasteiger partial charge in [-0.3, -0.25) is 14.5 Å². The lowest BCUT2D eigenvalue weighted by atomic mass is 10.1. The van der Waals surface area contributed by atoms with Gasteiger partial charge in [0.1, 0.15) is 17.7 Å². The Morgan fingerprint density at radius 2 is 1.97 bits per heavy atom. The van der Waals surface area contributed by atoms with Crippen LogP contribution in [0.2, 0.25) is 0 Å². The molecule has 0 unspecified atom stereocenters. The molecule has 164 valence electrons. The van der Waals surface area contributed by atoms with Crippen molar-refractivity contribution in [2.24, 2.45) is 4.99 Å². The maximum absolute atomic E-state index is 12.6. The second kappa shape index (κ2) is 8.58. The number of carbonyl (C=O) groups is 1. The molecule has 1 atom stereocenters. The van der Waals surface area contributed by atoms with Gasteiger partial charge < -0.3 is 14.5 Å². The number of anilines is 1. The van der Waals surface area contributed by atoms with Crippen molar-refractivity contribution in [3.8, 4) is 5.75 Å². The van der Waals surface area contributed by atoms with Crippen molar-refractivity contribution < 1.29 is 17.9 Å². The summed E-state index contributed by atoms with van der Waals surface area (Å²) in [6.45, 7) is 4.35. The van der Waals surface area contributed by atoms with Gasteiger partial charge in [-0.2, -0.15) is 0 Å². The van der Waals surface area contributed by atoms with Crippen molar-refractivity contribution >= 4 is 27.5 Å². The van der Waals surface area contributed by atoms with Crippen LogP contribution in [0, 0.1) is 0 Å². The van der Waals surface area contributed by atoms with E-state index in [1.165, 1.54) is 0 Å². The van der Waals surface area contributed by atoms with E-state index in [9.17, 15) is 13.2 Å². The average Bonchev–Trinajstić information content (AvgIpc) is 3.03. The minimum absolute atomic E-state index is 0.0657. The Balaban J connectivity index is 1.35. The first-order chi connectivity index (χ1) is 14.9. The number of hydrogen-bond acceptors (Lipinski definition) is 6. The predicted molar refractivity (Wildman–Crippen MR) is 119 cm³/mol. The molecule has 0 aliphatic carbocycles. The maximum atomic E-state index is 12.6. The highest BCUT2D eigenvalue weighted by Crippen LogP contribution is 2.32. The fourth-order valence-electron chi connectivity index (χ4n) is 3.89. The van der Waals surface area contributed by atoms with Gasteiger partial charge in [-0.05, 0) is 31.2 Å². The predicted octanol–water partition coefficient (Wildman–Crippen LogP) is 1.86. The van der Waals surface area contributed by atoms with E-state index < -0.39 is 10.0 Å². The van der Waals surface area contributed by atoms with E-state index in [4.69, 9.17) is 4.74 Å². The molecule has 1 N–H and O–H groups in total. The first kappa shape index (κ1) is 21.2. The fourth-order valence-corrected chi connectivity index (χ4v) is 5.14. The van der Waals surface area contributed by atoms with Crippen molar-refractivity contribution in [2.75, 3.05) is 38.1 Å². The van der Waals surface area contributed by atoms with Gasteiger partial charge in [0.2, 0.25) is 5.91 Å². The molecule has 2 aromatic carbocycles. The quantitative estimate of drug-likeness (QED) is 0.737. The normalized spacial score (nSPS) is 19.9. The van der Waals surface area contributed by atoms with Crippen LogP contribution < -0.4 is 14.4 Å². The second-order valence-electron chi connectivity index (χ2n) is 7.60. The van der Waals surface area contributed by atoms with Crippen LogP contribution in [0.4, 0.5) is 5.69 Å². The SMILES string of the molecule is CCN1C[C@H](CN(C)C(=O)CCN=C2NS(=O)(=O)c3ccccc32)Oc2ccccc21. The van der Waals surface area contributed by atoms with Gasteiger partial charge in [-0.15, -0.1) is 0 Å². The smallest absolute Gasteiger partial charge is 0.263 e. The molecule has 8 nitrogen and oxygen atoms in total. The van der Waals surface area contributed by atoms with Gasteiger partial charge in [0, 0.05) is 25.6 Å². The standard InChI is InChI=1S/C22H26N4O4S/c1-3-26-15-16(30-19-10-6-5-9-18(19)26)14-25(2)21(27)12-13-23-22-17-8-4-7-11-20(17)31(28,29)24-22/h4-11,16H,3,12-15H2,1-2H3,(H,23,24)/t16-/m0/s1. The third kappa shape index (κ3) is 4.36.